The van der Waals surface area contributed by atoms with Crippen molar-refractivity contribution in [2.45, 2.75) is 13.8 Å². The van der Waals surface area contributed by atoms with E-state index in [9.17, 15) is 4.79 Å². The third kappa shape index (κ3) is 5.15. The molecule has 0 saturated heterocycles. The van der Waals surface area contributed by atoms with Gasteiger partial charge in [-0.1, -0.05) is 42.3 Å². The van der Waals surface area contributed by atoms with Crippen molar-refractivity contribution in [2.24, 2.45) is 11.7 Å². The Morgan fingerprint density at radius 2 is 1.95 bits per heavy atom. The van der Waals surface area contributed by atoms with Gasteiger partial charge in [0.2, 0.25) is 0 Å². The van der Waals surface area contributed by atoms with Crippen LogP contribution in [0.15, 0.2) is 18.2 Å². The lowest BCUT2D eigenvalue weighted by molar-refractivity contribution is 0.211. The van der Waals surface area contributed by atoms with Gasteiger partial charge >= 0.3 is 6.03 Å². The summed E-state index contributed by atoms with van der Waals surface area (Å²) in [6.07, 6.45) is 0. The second kappa shape index (κ2) is 7.67. The minimum atomic E-state index is -0.242. The number of thiocarbonyl (C=S) groups is 1. The molecule has 0 saturated carbocycles. The number of carbonyl (C=O) groups excluding carboxylic acids is 1. The van der Waals surface area contributed by atoms with Crippen molar-refractivity contribution >= 4 is 52.1 Å². The average Bonchev–Trinajstić information content (AvgIpc) is 2.33. The maximum atomic E-state index is 12.2. The van der Waals surface area contributed by atoms with E-state index in [-0.39, 0.29) is 11.9 Å². The van der Waals surface area contributed by atoms with Gasteiger partial charge in [0.1, 0.15) is 0 Å². The third-order valence-corrected chi connectivity index (χ3v) is 3.60. The van der Waals surface area contributed by atoms with Crippen LogP contribution in [0.2, 0.25) is 10.0 Å². The largest absolute Gasteiger partial charge is 0.393 e. The first-order chi connectivity index (χ1) is 9.33. The first-order valence-corrected chi connectivity index (χ1v) is 7.31. The van der Waals surface area contributed by atoms with Gasteiger partial charge in [-0.25, -0.2) is 4.79 Å². The summed E-state index contributed by atoms with van der Waals surface area (Å²) in [5.41, 5.74) is 6.12. The highest BCUT2D eigenvalue weighted by Crippen LogP contribution is 2.22. The van der Waals surface area contributed by atoms with Crippen LogP contribution in [0.1, 0.15) is 13.8 Å². The summed E-state index contributed by atoms with van der Waals surface area (Å²) in [4.78, 5) is 14.2. The minimum Gasteiger partial charge on any atom is -0.393 e. The van der Waals surface area contributed by atoms with Crippen LogP contribution in [-0.4, -0.2) is 29.0 Å². The van der Waals surface area contributed by atoms with E-state index in [1.807, 2.05) is 13.8 Å². The molecule has 20 heavy (non-hydrogen) atoms. The van der Waals surface area contributed by atoms with Crippen LogP contribution in [0.25, 0.3) is 0 Å². The van der Waals surface area contributed by atoms with Crippen LogP contribution >= 0.6 is 35.4 Å². The summed E-state index contributed by atoms with van der Waals surface area (Å²) in [5.74, 6) is -0.0429. The zero-order valence-electron chi connectivity index (χ0n) is 11.3. The molecule has 7 heteroatoms. The summed E-state index contributed by atoms with van der Waals surface area (Å²) in [5, 5.41) is 3.68. The Kier molecular flexibility index (Phi) is 6.52. The molecule has 0 spiro atoms. The number of nitrogens with one attached hydrogen (secondary N) is 1. The Hall–Kier alpha value is -1.04. The quantitative estimate of drug-likeness (QED) is 0.806. The number of benzene rings is 1. The van der Waals surface area contributed by atoms with E-state index in [0.717, 1.165) is 0 Å². The molecule has 1 unspecified atom stereocenters. The Bertz CT molecular complexity index is 490. The Labute approximate surface area is 134 Å². The van der Waals surface area contributed by atoms with E-state index >= 15 is 0 Å². The molecule has 0 aromatic heterocycles. The molecular formula is C13H17Cl2N3OS. The van der Waals surface area contributed by atoms with Gasteiger partial charge in [0.05, 0.1) is 4.99 Å². The highest BCUT2D eigenvalue weighted by Gasteiger charge is 2.16. The Balaban J connectivity index is 2.74. The van der Waals surface area contributed by atoms with Gasteiger partial charge in [0.25, 0.3) is 0 Å². The summed E-state index contributed by atoms with van der Waals surface area (Å²) < 4.78 is 0. The fraction of sp³-hybridized carbons (Fsp3) is 0.385. The normalized spacial score (nSPS) is 11.8. The number of nitrogens with zero attached hydrogens (tertiary/aromatic N) is 1. The molecular weight excluding hydrogens is 317 g/mol. The number of nitrogens with two attached hydrogens (primary N) is 1. The maximum Gasteiger partial charge on any atom is 0.321 e. The van der Waals surface area contributed by atoms with Gasteiger partial charge in [-0.3, -0.25) is 0 Å². The number of hydrogen-bond donors (Lipinski definition) is 2. The van der Waals surface area contributed by atoms with Crippen LogP contribution in [0, 0.1) is 5.92 Å². The fourth-order valence-corrected chi connectivity index (χ4v) is 2.21. The molecule has 4 nitrogen and oxygen atoms in total. The Morgan fingerprint density at radius 3 is 2.40 bits per heavy atom. The van der Waals surface area contributed by atoms with E-state index in [0.29, 0.717) is 33.8 Å². The maximum absolute atomic E-state index is 12.2. The van der Waals surface area contributed by atoms with Crippen molar-refractivity contribution in [3.63, 3.8) is 0 Å². The smallest absolute Gasteiger partial charge is 0.321 e. The van der Waals surface area contributed by atoms with Gasteiger partial charge in [-0.05, 0) is 25.1 Å². The topological polar surface area (TPSA) is 58.4 Å². The number of urea groups is 1. The summed E-state index contributed by atoms with van der Waals surface area (Å²) in [6.45, 7) is 4.78. The van der Waals surface area contributed by atoms with Gasteiger partial charge in [0, 0.05) is 34.7 Å². The number of hydrogen-bond acceptors (Lipinski definition) is 2. The van der Waals surface area contributed by atoms with E-state index in [2.05, 4.69) is 5.32 Å². The number of carbonyl (C=O) groups is 1. The molecule has 1 atom stereocenters. The molecule has 0 aliphatic carbocycles. The van der Waals surface area contributed by atoms with Crippen molar-refractivity contribution < 1.29 is 4.79 Å². The SMILES string of the molecule is CCN(CC(C)C(N)=S)C(=O)Nc1cc(Cl)cc(Cl)c1. The molecule has 3 N–H and O–H groups in total. The molecule has 110 valence electrons. The van der Waals surface area contributed by atoms with Crippen LogP contribution in [-0.2, 0) is 0 Å². The minimum absolute atomic E-state index is 0.0429. The lowest BCUT2D eigenvalue weighted by Crippen LogP contribution is -2.40. The van der Waals surface area contributed by atoms with Crippen molar-refractivity contribution in [1.29, 1.82) is 0 Å². The molecule has 1 aromatic rings. The van der Waals surface area contributed by atoms with E-state index in [1.165, 1.54) is 0 Å². The molecule has 1 aromatic carbocycles. The van der Waals surface area contributed by atoms with E-state index in [4.69, 9.17) is 41.2 Å². The Morgan fingerprint density at radius 1 is 1.40 bits per heavy atom. The number of amides is 2. The van der Waals surface area contributed by atoms with Crippen LogP contribution < -0.4 is 11.1 Å². The molecule has 2 amide bonds. The monoisotopic (exact) mass is 333 g/mol. The molecule has 0 aliphatic heterocycles. The van der Waals surface area contributed by atoms with Crippen molar-refractivity contribution in [3.8, 4) is 0 Å². The summed E-state index contributed by atoms with van der Waals surface area (Å²) in [6, 6.07) is 4.63. The first kappa shape index (κ1) is 17.0. The lowest BCUT2D eigenvalue weighted by Gasteiger charge is -2.24. The average molecular weight is 334 g/mol. The number of rotatable bonds is 5. The second-order valence-corrected chi connectivity index (χ2v) is 5.77. The van der Waals surface area contributed by atoms with Gasteiger partial charge < -0.3 is 16.0 Å². The first-order valence-electron chi connectivity index (χ1n) is 6.14. The zero-order chi connectivity index (χ0) is 15.3. The van der Waals surface area contributed by atoms with Gasteiger partial charge in [-0.2, -0.15) is 0 Å². The molecule has 0 bridgehead atoms. The predicted molar refractivity (Wildman–Crippen MR) is 88.7 cm³/mol. The molecule has 1 rings (SSSR count). The third-order valence-electron chi connectivity index (χ3n) is 2.76. The van der Waals surface area contributed by atoms with Crippen LogP contribution in [0.4, 0.5) is 10.5 Å². The predicted octanol–water partition coefficient (Wildman–Crippen LogP) is 3.77. The number of anilines is 1. The van der Waals surface area contributed by atoms with Crippen LogP contribution in [0.3, 0.4) is 0 Å². The molecule has 0 fully saturated rings. The molecule has 0 heterocycles. The lowest BCUT2D eigenvalue weighted by atomic mass is 10.1. The van der Waals surface area contributed by atoms with Crippen molar-refractivity contribution in [3.05, 3.63) is 28.2 Å². The van der Waals surface area contributed by atoms with Crippen LogP contribution in [0.5, 0.6) is 0 Å². The summed E-state index contributed by atoms with van der Waals surface area (Å²) in [7, 11) is 0. The molecule has 0 radical (unpaired) electrons. The second-order valence-electron chi connectivity index (χ2n) is 4.43. The van der Waals surface area contributed by atoms with Crippen molar-refractivity contribution in [1.82, 2.24) is 4.90 Å². The summed E-state index contributed by atoms with van der Waals surface area (Å²) >= 11 is 16.7. The van der Waals surface area contributed by atoms with E-state index in [1.54, 1.807) is 23.1 Å². The van der Waals surface area contributed by atoms with Crippen molar-refractivity contribution in [2.75, 3.05) is 18.4 Å². The standard InChI is InChI=1S/C13H17Cl2N3OS/c1-3-18(7-8(2)12(16)20)13(19)17-11-5-9(14)4-10(15)6-11/h4-6,8H,3,7H2,1-2H3,(H2,16,20)(H,17,19). The van der Waals surface area contributed by atoms with Gasteiger partial charge in [0.15, 0.2) is 0 Å². The fourth-order valence-electron chi connectivity index (χ4n) is 1.60. The molecule has 0 aliphatic rings. The highest BCUT2D eigenvalue weighted by molar-refractivity contribution is 7.80. The number of halogens is 2. The van der Waals surface area contributed by atoms with E-state index < -0.39 is 0 Å². The highest BCUT2D eigenvalue weighted by atomic mass is 35.5. The van der Waals surface area contributed by atoms with Gasteiger partial charge in [-0.15, -0.1) is 0 Å². The zero-order valence-corrected chi connectivity index (χ0v) is 13.6.